The van der Waals surface area contributed by atoms with Crippen molar-refractivity contribution in [2.24, 2.45) is 0 Å². The lowest BCUT2D eigenvalue weighted by Gasteiger charge is -2.28. The Kier molecular flexibility index (Phi) is 9.03. The van der Waals surface area contributed by atoms with Crippen LogP contribution in [-0.4, -0.2) is 49.2 Å². The van der Waals surface area contributed by atoms with Crippen LogP contribution in [0.3, 0.4) is 0 Å². The maximum absolute atomic E-state index is 13.2. The van der Waals surface area contributed by atoms with Gasteiger partial charge in [-0.3, -0.25) is 9.69 Å². The molecule has 1 amide bonds. The van der Waals surface area contributed by atoms with Crippen LogP contribution in [0.5, 0.6) is 0 Å². The molecule has 1 aliphatic heterocycles. The van der Waals surface area contributed by atoms with E-state index in [4.69, 9.17) is 0 Å². The monoisotopic (exact) mass is 533 g/mol. The molecule has 7 heteroatoms. The number of nitrogens with one attached hydrogen (secondary N) is 1. The maximum atomic E-state index is 13.2. The number of benzene rings is 3. The quantitative estimate of drug-likeness (QED) is 0.401. The molecule has 1 aliphatic rings. The van der Waals surface area contributed by atoms with Gasteiger partial charge in [-0.2, -0.15) is 4.31 Å². The molecule has 0 saturated carbocycles. The first kappa shape index (κ1) is 28.0. The summed E-state index contributed by atoms with van der Waals surface area (Å²) in [4.78, 5) is 15.6. The summed E-state index contributed by atoms with van der Waals surface area (Å²) in [5, 5.41) is 3.06. The molecular weight excluding hydrogens is 494 g/mol. The van der Waals surface area contributed by atoms with E-state index in [1.54, 1.807) is 18.2 Å². The standard InChI is InChI=1S/C31H39N3O3S/c1-5-25-10-14-30(15-11-25)38(36,37)34-18-16-27-20-28(12-13-29(27)22-34)31(35)32-17-19-33(23(2)3)21-26-8-6-24(4)7-9-26/h6-15,20,23H,5,16-19,21-22H2,1-4H3,(H,32,35). The number of carbonyl (C=O) groups is 1. The smallest absolute Gasteiger partial charge is 0.251 e. The third-order valence-electron chi connectivity index (χ3n) is 7.34. The van der Waals surface area contributed by atoms with Crippen molar-refractivity contribution in [3.8, 4) is 0 Å². The molecule has 0 unspecified atom stereocenters. The molecule has 0 saturated heterocycles. The number of aryl methyl sites for hydroxylation is 2. The molecule has 38 heavy (non-hydrogen) atoms. The van der Waals surface area contributed by atoms with Gasteiger partial charge < -0.3 is 5.32 Å². The molecule has 0 bridgehead atoms. The normalized spacial score (nSPS) is 14.1. The van der Waals surface area contributed by atoms with Crippen molar-refractivity contribution in [1.29, 1.82) is 0 Å². The molecule has 0 aliphatic carbocycles. The number of hydrogen-bond acceptors (Lipinski definition) is 4. The summed E-state index contributed by atoms with van der Waals surface area (Å²) in [7, 11) is -3.56. The first-order valence-electron chi connectivity index (χ1n) is 13.5. The zero-order valence-electron chi connectivity index (χ0n) is 22.9. The predicted molar refractivity (Wildman–Crippen MR) is 153 cm³/mol. The molecule has 6 nitrogen and oxygen atoms in total. The highest BCUT2D eigenvalue weighted by Gasteiger charge is 2.28. The molecule has 0 aromatic heterocycles. The molecular formula is C31H39N3O3S. The Bertz CT molecular complexity index is 1350. The van der Waals surface area contributed by atoms with Gasteiger partial charge in [0.05, 0.1) is 4.90 Å². The number of carbonyl (C=O) groups excluding carboxylic acids is 1. The lowest BCUT2D eigenvalue weighted by molar-refractivity contribution is 0.0944. The van der Waals surface area contributed by atoms with Crippen LogP contribution < -0.4 is 5.32 Å². The second-order valence-electron chi connectivity index (χ2n) is 10.4. The minimum Gasteiger partial charge on any atom is -0.351 e. The average molecular weight is 534 g/mol. The number of hydrogen-bond donors (Lipinski definition) is 1. The van der Waals surface area contributed by atoms with Crippen molar-refractivity contribution in [1.82, 2.24) is 14.5 Å². The third kappa shape index (κ3) is 6.70. The van der Waals surface area contributed by atoms with E-state index in [1.807, 2.05) is 31.2 Å². The minimum absolute atomic E-state index is 0.0992. The van der Waals surface area contributed by atoms with E-state index in [0.717, 1.165) is 36.2 Å². The fourth-order valence-electron chi connectivity index (χ4n) is 4.78. The van der Waals surface area contributed by atoms with Crippen LogP contribution >= 0.6 is 0 Å². The Balaban J connectivity index is 1.35. The molecule has 4 rings (SSSR count). The second kappa shape index (κ2) is 12.2. The highest BCUT2D eigenvalue weighted by molar-refractivity contribution is 7.89. The minimum atomic E-state index is -3.56. The van der Waals surface area contributed by atoms with Crippen LogP contribution in [0.15, 0.2) is 71.6 Å². The Labute approximate surface area is 227 Å². The highest BCUT2D eigenvalue weighted by Crippen LogP contribution is 2.26. The Morgan fingerprint density at radius 3 is 2.32 bits per heavy atom. The topological polar surface area (TPSA) is 69.7 Å². The average Bonchev–Trinajstić information content (AvgIpc) is 2.92. The number of sulfonamides is 1. The van der Waals surface area contributed by atoms with Crippen molar-refractivity contribution in [2.75, 3.05) is 19.6 Å². The largest absolute Gasteiger partial charge is 0.351 e. The summed E-state index contributed by atoms with van der Waals surface area (Å²) in [6.07, 6.45) is 1.46. The summed E-state index contributed by atoms with van der Waals surface area (Å²) >= 11 is 0. The van der Waals surface area contributed by atoms with Gasteiger partial charge in [-0.25, -0.2) is 8.42 Å². The summed E-state index contributed by atoms with van der Waals surface area (Å²) in [6.45, 7) is 11.4. The van der Waals surface area contributed by atoms with Crippen LogP contribution in [0.25, 0.3) is 0 Å². The molecule has 1 N–H and O–H groups in total. The van der Waals surface area contributed by atoms with Crippen LogP contribution in [0.2, 0.25) is 0 Å². The van der Waals surface area contributed by atoms with Crippen molar-refractivity contribution >= 4 is 15.9 Å². The zero-order chi connectivity index (χ0) is 27.3. The van der Waals surface area contributed by atoms with Gasteiger partial charge in [0.1, 0.15) is 0 Å². The zero-order valence-corrected chi connectivity index (χ0v) is 23.7. The number of fused-ring (bicyclic) bond motifs is 1. The van der Waals surface area contributed by atoms with Crippen molar-refractivity contribution < 1.29 is 13.2 Å². The van der Waals surface area contributed by atoms with E-state index in [0.29, 0.717) is 42.6 Å². The summed E-state index contributed by atoms with van der Waals surface area (Å²) in [6, 6.07) is 21.7. The lowest BCUT2D eigenvalue weighted by atomic mass is 9.98. The van der Waals surface area contributed by atoms with E-state index >= 15 is 0 Å². The molecule has 0 radical (unpaired) electrons. The van der Waals surface area contributed by atoms with Crippen LogP contribution in [-0.2, 0) is 36.0 Å². The van der Waals surface area contributed by atoms with E-state index < -0.39 is 10.0 Å². The van der Waals surface area contributed by atoms with Crippen LogP contribution in [0, 0.1) is 6.92 Å². The molecule has 0 atom stereocenters. The lowest BCUT2D eigenvalue weighted by Crippen LogP contribution is -2.38. The number of amides is 1. The fraction of sp³-hybridized carbons (Fsp3) is 0.387. The van der Waals surface area contributed by atoms with E-state index in [2.05, 4.69) is 55.3 Å². The van der Waals surface area contributed by atoms with Gasteiger partial charge in [0.15, 0.2) is 0 Å². The molecule has 3 aromatic carbocycles. The first-order valence-corrected chi connectivity index (χ1v) is 14.9. The number of rotatable bonds is 10. The van der Waals surface area contributed by atoms with Crippen molar-refractivity contribution in [2.45, 2.75) is 64.6 Å². The van der Waals surface area contributed by atoms with Crippen LogP contribution in [0.1, 0.15) is 58.9 Å². The predicted octanol–water partition coefficient (Wildman–Crippen LogP) is 4.94. The van der Waals surface area contributed by atoms with Crippen molar-refractivity contribution in [3.63, 3.8) is 0 Å². The number of nitrogens with zero attached hydrogens (tertiary/aromatic N) is 2. The maximum Gasteiger partial charge on any atom is 0.251 e. The molecule has 202 valence electrons. The Morgan fingerprint density at radius 2 is 1.66 bits per heavy atom. The van der Waals surface area contributed by atoms with Gasteiger partial charge in [0.2, 0.25) is 10.0 Å². The van der Waals surface area contributed by atoms with Gasteiger partial charge in [-0.1, -0.05) is 55.0 Å². The molecule has 3 aromatic rings. The second-order valence-corrected chi connectivity index (χ2v) is 12.3. The first-order chi connectivity index (χ1) is 18.2. The van der Waals surface area contributed by atoms with E-state index in [9.17, 15) is 13.2 Å². The van der Waals surface area contributed by atoms with Crippen LogP contribution in [0.4, 0.5) is 0 Å². The van der Waals surface area contributed by atoms with Gasteiger partial charge in [0, 0.05) is 44.3 Å². The third-order valence-corrected chi connectivity index (χ3v) is 9.20. The van der Waals surface area contributed by atoms with E-state index in [1.165, 1.54) is 15.4 Å². The van der Waals surface area contributed by atoms with Gasteiger partial charge in [-0.15, -0.1) is 0 Å². The van der Waals surface area contributed by atoms with Crippen molar-refractivity contribution in [3.05, 3.63) is 100 Å². The van der Waals surface area contributed by atoms with Gasteiger partial charge >= 0.3 is 0 Å². The fourth-order valence-corrected chi connectivity index (χ4v) is 6.20. The highest BCUT2D eigenvalue weighted by atomic mass is 32.2. The summed E-state index contributed by atoms with van der Waals surface area (Å²) < 4.78 is 27.9. The summed E-state index contributed by atoms with van der Waals surface area (Å²) in [5.74, 6) is -0.0992. The Morgan fingerprint density at radius 1 is 0.974 bits per heavy atom. The van der Waals surface area contributed by atoms with E-state index in [-0.39, 0.29) is 5.91 Å². The van der Waals surface area contributed by atoms with Gasteiger partial charge in [0.25, 0.3) is 5.91 Å². The Hall–Kier alpha value is -3.00. The molecule has 1 heterocycles. The summed E-state index contributed by atoms with van der Waals surface area (Å²) in [5.41, 5.74) is 6.23. The van der Waals surface area contributed by atoms with Gasteiger partial charge in [-0.05, 0) is 80.1 Å². The molecule has 0 spiro atoms. The molecule has 0 fully saturated rings. The SMILES string of the molecule is CCc1ccc(S(=O)(=O)N2CCc3cc(C(=O)NCCN(Cc4ccc(C)cc4)C(C)C)ccc3C2)cc1.